The van der Waals surface area contributed by atoms with E-state index in [0.29, 0.717) is 20.5 Å². The van der Waals surface area contributed by atoms with Crippen molar-refractivity contribution in [2.45, 2.75) is 25.7 Å². The van der Waals surface area contributed by atoms with E-state index < -0.39 is 0 Å². The molecule has 7 heteroatoms. The zero-order chi connectivity index (χ0) is 19.3. The molecule has 0 bridgehead atoms. The first-order valence-electron chi connectivity index (χ1n) is 9.63. The number of rotatable bonds is 2. The highest BCUT2D eigenvalue weighted by Crippen LogP contribution is 2.45. The summed E-state index contributed by atoms with van der Waals surface area (Å²) in [5, 5.41) is 4.53. The zero-order valence-electron chi connectivity index (χ0n) is 16.0. The maximum atomic E-state index is 12.9. The average molecular weight is 394 g/mol. The van der Waals surface area contributed by atoms with Crippen molar-refractivity contribution in [1.29, 1.82) is 0 Å². The van der Waals surface area contributed by atoms with Crippen molar-refractivity contribution < 1.29 is 9.21 Å². The SMILES string of the molecule is Cc1nc2ccc(C3=CC(=O)N4C=C(N5CCN[C@@H](C)C5)C=CC4P3)cc2o1. The number of aromatic nitrogens is 1. The maximum absolute atomic E-state index is 12.9. The smallest absolute Gasteiger partial charge is 0.252 e. The summed E-state index contributed by atoms with van der Waals surface area (Å²) in [6.45, 7) is 6.94. The number of amides is 1. The molecule has 1 aromatic heterocycles. The van der Waals surface area contributed by atoms with Gasteiger partial charge in [0.25, 0.3) is 5.91 Å². The molecule has 3 aliphatic heterocycles. The quantitative estimate of drug-likeness (QED) is 0.794. The van der Waals surface area contributed by atoms with Crippen molar-refractivity contribution in [2.24, 2.45) is 0 Å². The Labute approximate surface area is 165 Å². The Morgan fingerprint density at radius 2 is 2.25 bits per heavy atom. The summed E-state index contributed by atoms with van der Waals surface area (Å²) >= 11 is 0. The number of carbonyl (C=O) groups excluding carboxylic acids is 1. The van der Waals surface area contributed by atoms with Crippen LogP contribution in [0.25, 0.3) is 16.4 Å². The number of benzene rings is 1. The summed E-state index contributed by atoms with van der Waals surface area (Å²) in [4.78, 5) is 21.5. The largest absolute Gasteiger partial charge is 0.441 e. The van der Waals surface area contributed by atoms with Crippen LogP contribution in [-0.4, -0.2) is 52.2 Å². The molecule has 6 nitrogen and oxygen atoms in total. The monoisotopic (exact) mass is 394 g/mol. The first-order chi connectivity index (χ1) is 13.6. The molecule has 2 unspecified atom stereocenters. The Morgan fingerprint density at radius 3 is 3.11 bits per heavy atom. The fourth-order valence-electron chi connectivity index (χ4n) is 3.99. The minimum atomic E-state index is 0.0395. The van der Waals surface area contributed by atoms with Gasteiger partial charge in [-0.3, -0.25) is 4.79 Å². The van der Waals surface area contributed by atoms with Crippen LogP contribution >= 0.6 is 8.58 Å². The second-order valence-electron chi connectivity index (χ2n) is 7.52. The van der Waals surface area contributed by atoms with Crippen molar-refractivity contribution in [3.05, 3.63) is 59.8 Å². The fraction of sp³-hybridized carbons (Fsp3) is 0.333. The number of hydrogen-bond acceptors (Lipinski definition) is 5. The molecule has 1 fully saturated rings. The van der Waals surface area contributed by atoms with Gasteiger partial charge < -0.3 is 19.5 Å². The molecule has 0 aliphatic carbocycles. The predicted molar refractivity (Wildman–Crippen MR) is 112 cm³/mol. The van der Waals surface area contributed by atoms with Crippen molar-refractivity contribution >= 4 is 30.9 Å². The van der Waals surface area contributed by atoms with E-state index in [2.05, 4.69) is 34.3 Å². The van der Waals surface area contributed by atoms with E-state index in [9.17, 15) is 4.79 Å². The molecule has 4 heterocycles. The average Bonchev–Trinajstić information content (AvgIpc) is 3.07. The summed E-state index contributed by atoms with van der Waals surface area (Å²) in [5.41, 5.74) is 3.78. The molecule has 3 atom stereocenters. The van der Waals surface area contributed by atoms with Crippen LogP contribution < -0.4 is 5.32 Å². The molecular weight excluding hydrogens is 371 g/mol. The first-order valence-corrected chi connectivity index (χ1v) is 10.7. The van der Waals surface area contributed by atoms with E-state index in [1.165, 1.54) is 0 Å². The van der Waals surface area contributed by atoms with Crippen molar-refractivity contribution in [3.8, 4) is 0 Å². The standard InChI is InChI=1S/C21H23N4O2P/c1-13-11-24(8-7-22-13)16-4-6-21-25(12-16)20(26)10-19(28-21)15-3-5-17-18(9-15)27-14(2)23-17/h3-6,9-10,12-13,21-22,28H,7-8,11H2,1-2H3/t13-,21?/m0/s1. The molecule has 3 aliphatic rings. The van der Waals surface area contributed by atoms with Crippen LogP contribution in [0.4, 0.5) is 0 Å². The Hall–Kier alpha value is -2.43. The van der Waals surface area contributed by atoms with Gasteiger partial charge in [-0.25, -0.2) is 4.98 Å². The normalized spacial score (nSPS) is 25.9. The third-order valence-corrected chi connectivity index (χ3v) is 6.90. The Morgan fingerprint density at radius 1 is 1.36 bits per heavy atom. The van der Waals surface area contributed by atoms with Gasteiger partial charge in [0.05, 0.1) is 11.5 Å². The molecule has 1 aromatic carbocycles. The van der Waals surface area contributed by atoms with Crippen LogP contribution in [0, 0.1) is 6.92 Å². The number of carbonyl (C=O) groups is 1. The van der Waals surface area contributed by atoms with Gasteiger partial charge in [0.2, 0.25) is 0 Å². The molecule has 0 spiro atoms. The molecule has 0 radical (unpaired) electrons. The molecular formula is C21H23N4O2P. The number of oxazole rings is 1. The second kappa shape index (κ2) is 6.87. The van der Waals surface area contributed by atoms with Crippen LogP contribution in [0.1, 0.15) is 18.4 Å². The van der Waals surface area contributed by atoms with Gasteiger partial charge in [-0.2, -0.15) is 0 Å². The number of aryl methyl sites for hydroxylation is 1. The van der Waals surface area contributed by atoms with Crippen LogP contribution in [0.5, 0.6) is 0 Å². The van der Waals surface area contributed by atoms with Gasteiger partial charge in [-0.1, -0.05) is 20.7 Å². The molecule has 1 saturated heterocycles. The van der Waals surface area contributed by atoms with E-state index in [0.717, 1.165) is 47.3 Å². The molecule has 1 N–H and O–H groups in total. The van der Waals surface area contributed by atoms with Crippen molar-refractivity contribution in [1.82, 2.24) is 20.1 Å². The van der Waals surface area contributed by atoms with Crippen LogP contribution in [0.15, 0.2) is 52.7 Å². The van der Waals surface area contributed by atoms with Gasteiger partial charge in [-0.05, 0) is 36.0 Å². The number of allylic oxidation sites excluding steroid dienone is 1. The summed E-state index contributed by atoms with van der Waals surface area (Å²) in [7, 11) is 0.499. The maximum Gasteiger partial charge on any atom is 0.252 e. The van der Waals surface area contributed by atoms with Gasteiger partial charge >= 0.3 is 0 Å². The number of nitrogens with zero attached hydrogens (tertiary/aromatic N) is 3. The zero-order valence-corrected chi connectivity index (χ0v) is 17.0. The first kappa shape index (κ1) is 17.7. The molecule has 28 heavy (non-hydrogen) atoms. The van der Waals surface area contributed by atoms with Crippen LogP contribution in [-0.2, 0) is 4.79 Å². The van der Waals surface area contributed by atoms with Crippen LogP contribution in [0.3, 0.4) is 0 Å². The summed E-state index contributed by atoms with van der Waals surface area (Å²) in [6, 6.07) is 6.44. The molecule has 2 aromatic rings. The molecule has 0 saturated carbocycles. The van der Waals surface area contributed by atoms with E-state index in [-0.39, 0.29) is 11.7 Å². The van der Waals surface area contributed by atoms with Crippen LogP contribution in [0.2, 0.25) is 0 Å². The lowest BCUT2D eigenvalue weighted by molar-refractivity contribution is -0.123. The minimum Gasteiger partial charge on any atom is -0.441 e. The Bertz CT molecular complexity index is 1040. The summed E-state index contributed by atoms with van der Waals surface area (Å²) < 4.78 is 5.66. The minimum absolute atomic E-state index is 0.0395. The highest BCUT2D eigenvalue weighted by molar-refractivity contribution is 7.51. The van der Waals surface area contributed by atoms with Crippen molar-refractivity contribution in [2.75, 3.05) is 19.6 Å². The molecule has 1 amide bonds. The van der Waals surface area contributed by atoms with E-state index >= 15 is 0 Å². The Kier molecular flexibility index (Phi) is 4.33. The molecule has 5 rings (SSSR count). The Balaban J connectivity index is 1.41. The lowest BCUT2D eigenvalue weighted by Gasteiger charge is -2.39. The lowest BCUT2D eigenvalue weighted by Crippen LogP contribution is -2.49. The van der Waals surface area contributed by atoms with Gasteiger partial charge in [0.1, 0.15) is 5.52 Å². The fourth-order valence-corrected chi connectivity index (χ4v) is 5.37. The third kappa shape index (κ3) is 3.17. The van der Waals surface area contributed by atoms with Gasteiger partial charge in [-0.15, -0.1) is 0 Å². The molecule has 144 valence electrons. The number of piperazine rings is 1. The summed E-state index contributed by atoms with van der Waals surface area (Å²) in [5.74, 6) is 0.783. The van der Waals surface area contributed by atoms with E-state index in [1.807, 2.05) is 36.2 Å². The number of fused-ring (bicyclic) bond motifs is 2. The number of nitrogens with one attached hydrogen (secondary N) is 1. The van der Waals surface area contributed by atoms with Gasteiger partial charge in [0, 0.05) is 44.9 Å². The lowest BCUT2D eigenvalue weighted by atomic mass is 10.1. The summed E-state index contributed by atoms with van der Waals surface area (Å²) in [6.07, 6.45) is 8.13. The predicted octanol–water partition coefficient (Wildman–Crippen LogP) is 3.03. The van der Waals surface area contributed by atoms with Crippen molar-refractivity contribution in [3.63, 3.8) is 0 Å². The van der Waals surface area contributed by atoms with E-state index in [4.69, 9.17) is 4.42 Å². The van der Waals surface area contributed by atoms with Gasteiger partial charge in [0.15, 0.2) is 11.5 Å². The van der Waals surface area contributed by atoms with E-state index in [1.54, 1.807) is 6.08 Å². The highest BCUT2D eigenvalue weighted by Gasteiger charge is 2.30. The number of hydrogen-bond donors (Lipinski definition) is 1. The third-order valence-electron chi connectivity index (χ3n) is 5.39. The topological polar surface area (TPSA) is 61.6 Å². The highest BCUT2D eigenvalue weighted by atomic mass is 31.1. The second-order valence-corrected chi connectivity index (χ2v) is 8.94.